The van der Waals surface area contributed by atoms with Gasteiger partial charge in [-0.15, -0.1) is 0 Å². The predicted octanol–water partition coefficient (Wildman–Crippen LogP) is 9.21. The smallest absolute Gasteiger partial charge is 0.146 e. The Morgan fingerprint density at radius 3 is 1.67 bits per heavy atom. The van der Waals surface area contributed by atoms with Crippen molar-refractivity contribution >= 4 is 43.5 Å². The molecule has 0 bridgehead atoms. The van der Waals surface area contributed by atoms with Crippen molar-refractivity contribution in [2.75, 3.05) is 0 Å². The Morgan fingerprint density at radius 1 is 0.410 bits per heavy atom. The van der Waals surface area contributed by atoms with E-state index in [1.54, 1.807) is 0 Å². The zero-order valence-electron chi connectivity index (χ0n) is 21.1. The minimum atomic E-state index is 0.868. The molecule has 0 amide bonds. The van der Waals surface area contributed by atoms with Crippen LogP contribution in [0.15, 0.2) is 140 Å². The molecule has 0 atom stereocenters. The van der Waals surface area contributed by atoms with Crippen LogP contribution in [-0.4, -0.2) is 14.5 Å². The van der Waals surface area contributed by atoms with Gasteiger partial charge in [-0.05, 0) is 80.2 Å². The standard InChI is InChI=1S/C36H23N3/c1-2-11-24(12-3-1)34-26-13-4-6-15-28(26)35(29-16-7-5-14-27(29)34)25-19-20-32-31(23-25)30-17-10-22-38-36(30)39(32)33-18-8-9-21-37-33/h1-23H. The molecule has 3 heteroatoms. The number of rotatable bonds is 3. The van der Waals surface area contributed by atoms with E-state index in [4.69, 9.17) is 4.98 Å². The van der Waals surface area contributed by atoms with Gasteiger partial charge in [0.2, 0.25) is 0 Å². The number of aromatic nitrogens is 3. The van der Waals surface area contributed by atoms with E-state index in [1.165, 1.54) is 49.2 Å². The second-order valence-corrected chi connectivity index (χ2v) is 9.84. The van der Waals surface area contributed by atoms with E-state index >= 15 is 0 Å². The van der Waals surface area contributed by atoms with Crippen LogP contribution in [0.1, 0.15) is 0 Å². The maximum Gasteiger partial charge on any atom is 0.146 e. The molecule has 8 aromatic rings. The largest absolute Gasteiger partial charge is 0.278 e. The summed E-state index contributed by atoms with van der Waals surface area (Å²) in [5, 5.41) is 7.31. The third-order valence-electron chi connectivity index (χ3n) is 7.69. The maximum atomic E-state index is 4.77. The van der Waals surface area contributed by atoms with Gasteiger partial charge >= 0.3 is 0 Å². The number of benzene rings is 5. The lowest BCUT2D eigenvalue weighted by atomic mass is 9.86. The topological polar surface area (TPSA) is 30.7 Å². The van der Waals surface area contributed by atoms with E-state index in [0.717, 1.165) is 22.4 Å². The van der Waals surface area contributed by atoms with Gasteiger partial charge in [0.15, 0.2) is 0 Å². The lowest BCUT2D eigenvalue weighted by Gasteiger charge is -2.18. The molecule has 3 aromatic heterocycles. The highest BCUT2D eigenvalue weighted by molar-refractivity contribution is 6.22. The Hall–Kier alpha value is -5.28. The van der Waals surface area contributed by atoms with Crippen molar-refractivity contribution in [3.63, 3.8) is 0 Å². The molecule has 0 saturated carbocycles. The highest BCUT2D eigenvalue weighted by Crippen LogP contribution is 2.44. The summed E-state index contributed by atoms with van der Waals surface area (Å²) < 4.78 is 2.16. The lowest BCUT2D eigenvalue weighted by molar-refractivity contribution is 1.06. The number of hydrogen-bond donors (Lipinski definition) is 0. The van der Waals surface area contributed by atoms with Crippen LogP contribution in [0.5, 0.6) is 0 Å². The van der Waals surface area contributed by atoms with Crippen LogP contribution in [0.2, 0.25) is 0 Å². The second-order valence-electron chi connectivity index (χ2n) is 9.84. The maximum absolute atomic E-state index is 4.77. The van der Waals surface area contributed by atoms with E-state index in [0.29, 0.717) is 0 Å². The highest BCUT2D eigenvalue weighted by Gasteiger charge is 2.19. The second kappa shape index (κ2) is 8.64. The summed E-state index contributed by atoms with van der Waals surface area (Å²) in [6, 6.07) is 45.3. The lowest BCUT2D eigenvalue weighted by Crippen LogP contribution is -1.97. The summed E-state index contributed by atoms with van der Waals surface area (Å²) in [5.74, 6) is 0.868. The zero-order valence-corrected chi connectivity index (χ0v) is 21.1. The van der Waals surface area contributed by atoms with Crippen molar-refractivity contribution in [1.29, 1.82) is 0 Å². The molecular weight excluding hydrogens is 474 g/mol. The minimum Gasteiger partial charge on any atom is -0.278 e. The molecule has 8 rings (SSSR count). The molecule has 0 unspecified atom stereocenters. The summed E-state index contributed by atoms with van der Waals surface area (Å²) in [6.45, 7) is 0. The Labute approximate surface area is 225 Å². The third-order valence-corrected chi connectivity index (χ3v) is 7.69. The van der Waals surface area contributed by atoms with E-state index < -0.39 is 0 Å². The van der Waals surface area contributed by atoms with Crippen LogP contribution in [0, 0.1) is 0 Å². The molecule has 0 fully saturated rings. The molecule has 5 aromatic carbocycles. The molecule has 0 aliphatic rings. The van der Waals surface area contributed by atoms with Crippen molar-refractivity contribution in [1.82, 2.24) is 14.5 Å². The van der Waals surface area contributed by atoms with E-state index in [9.17, 15) is 0 Å². The number of pyridine rings is 2. The first-order valence-electron chi connectivity index (χ1n) is 13.2. The van der Waals surface area contributed by atoms with Crippen LogP contribution in [0.3, 0.4) is 0 Å². The zero-order chi connectivity index (χ0) is 25.8. The molecule has 3 heterocycles. The average Bonchev–Trinajstić information content (AvgIpc) is 3.34. The molecule has 0 spiro atoms. The first kappa shape index (κ1) is 21.8. The molecule has 0 saturated heterocycles. The van der Waals surface area contributed by atoms with Gasteiger partial charge in [0, 0.05) is 23.2 Å². The van der Waals surface area contributed by atoms with Crippen LogP contribution in [0.4, 0.5) is 0 Å². The number of nitrogens with zero attached hydrogens (tertiary/aromatic N) is 3. The minimum absolute atomic E-state index is 0.868. The Morgan fingerprint density at radius 2 is 1.00 bits per heavy atom. The fraction of sp³-hybridized carbons (Fsp3) is 0. The average molecular weight is 498 g/mol. The Bertz CT molecular complexity index is 2100. The first-order valence-corrected chi connectivity index (χ1v) is 13.2. The van der Waals surface area contributed by atoms with Crippen LogP contribution < -0.4 is 0 Å². The molecule has 39 heavy (non-hydrogen) atoms. The molecule has 0 radical (unpaired) electrons. The van der Waals surface area contributed by atoms with Gasteiger partial charge in [0.1, 0.15) is 11.5 Å². The van der Waals surface area contributed by atoms with Gasteiger partial charge < -0.3 is 0 Å². The van der Waals surface area contributed by atoms with Crippen molar-refractivity contribution in [2.24, 2.45) is 0 Å². The SMILES string of the molecule is c1ccc(-c2c3ccccc3c(-c3ccc4c(c3)c3cccnc3n4-c3ccccn3)c3ccccc23)cc1. The molecule has 0 aliphatic carbocycles. The first-order chi connectivity index (χ1) is 19.4. The monoisotopic (exact) mass is 497 g/mol. The van der Waals surface area contributed by atoms with E-state index in [1.807, 2.05) is 36.7 Å². The summed E-state index contributed by atoms with van der Waals surface area (Å²) in [6.07, 6.45) is 3.68. The highest BCUT2D eigenvalue weighted by atomic mass is 15.1. The van der Waals surface area contributed by atoms with Gasteiger partial charge in [-0.2, -0.15) is 0 Å². The van der Waals surface area contributed by atoms with Crippen molar-refractivity contribution < 1.29 is 0 Å². The van der Waals surface area contributed by atoms with Crippen LogP contribution in [0.25, 0.3) is 71.6 Å². The quantitative estimate of drug-likeness (QED) is 0.228. The normalized spacial score (nSPS) is 11.6. The molecule has 182 valence electrons. The third kappa shape index (κ3) is 3.30. The Kier molecular flexibility index (Phi) is 4.82. The summed E-state index contributed by atoms with van der Waals surface area (Å²) >= 11 is 0. The molecule has 0 N–H and O–H groups in total. The van der Waals surface area contributed by atoms with Gasteiger partial charge in [0.25, 0.3) is 0 Å². The van der Waals surface area contributed by atoms with Crippen molar-refractivity contribution in [3.8, 4) is 28.1 Å². The summed E-state index contributed by atoms with van der Waals surface area (Å²) in [4.78, 5) is 9.41. The van der Waals surface area contributed by atoms with Gasteiger partial charge in [-0.1, -0.05) is 91.0 Å². The van der Waals surface area contributed by atoms with Crippen LogP contribution in [-0.2, 0) is 0 Å². The van der Waals surface area contributed by atoms with Gasteiger partial charge in [-0.25, -0.2) is 9.97 Å². The van der Waals surface area contributed by atoms with Crippen LogP contribution >= 0.6 is 0 Å². The van der Waals surface area contributed by atoms with E-state index in [-0.39, 0.29) is 0 Å². The Balaban J connectivity index is 1.48. The van der Waals surface area contributed by atoms with Crippen molar-refractivity contribution in [3.05, 3.63) is 140 Å². The van der Waals surface area contributed by atoms with Gasteiger partial charge in [0.05, 0.1) is 5.52 Å². The van der Waals surface area contributed by atoms with E-state index in [2.05, 4.69) is 113 Å². The molecule has 0 aliphatic heterocycles. The molecular formula is C36H23N3. The van der Waals surface area contributed by atoms with Gasteiger partial charge in [-0.3, -0.25) is 4.57 Å². The number of fused-ring (bicyclic) bond motifs is 5. The summed E-state index contributed by atoms with van der Waals surface area (Å²) in [7, 11) is 0. The predicted molar refractivity (Wildman–Crippen MR) is 162 cm³/mol. The summed E-state index contributed by atoms with van der Waals surface area (Å²) in [5.41, 5.74) is 6.97. The molecule has 3 nitrogen and oxygen atoms in total. The number of hydrogen-bond acceptors (Lipinski definition) is 2. The fourth-order valence-electron chi connectivity index (χ4n) is 6.07. The van der Waals surface area contributed by atoms with Crippen molar-refractivity contribution in [2.45, 2.75) is 0 Å². The fourth-order valence-corrected chi connectivity index (χ4v) is 6.07.